The zero-order valence-corrected chi connectivity index (χ0v) is 12.7. The maximum absolute atomic E-state index is 12.4. The Balaban J connectivity index is 1.88. The van der Waals surface area contributed by atoms with Crippen LogP contribution in [0.1, 0.15) is 71.6 Å². The molecule has 1 amide bonds. The third-order valence-electron chi connectivity index (χ3n) is 4.74. The van der Waals surface area contributed by atoms with Crippen molar-refractivity contribution in [3.8, 4) is 0 Å². The molecule has 2 rings (SSSR count). The molecule has 0 aromatic heterocycles. The van der Waals surface area contributed by atoms with E-state index in [1.54, 1.807) is 0 Å². The third-order valence-corrected chi connectivity index (χ3v) is 4.74. The second-order valence-corrected chi connectivity index (χ2v) is 6.28. The van der Waals surface area contributed by atoms with Crippen molar-refractivity contribution < 1.29 is 4.79 Å². The van der Waals surface area contributed by atoms with Crippen LogP contribution in [-0.4, -0.2) is 29.6 Å². The van der Waals surface area contributed by atoms with Gasteiger partial charge in [-0.1, -0.05) is 52.4 Å². The molecule has 2 fully saturated rings. The molecule has 1 saturated heterocycles. The van der Waals surface area contributed by atoms with Crippen molar-refractivity contribution in [1.29, 1.82) is 0 Å². The fourth-order valence-electron chi connectivity index (χ4n) is 3.64. The molecule has 2 atom stereocenters. The number of rotatable bonds is 7. The fourth-order valence-corrected chi connectivity index (χ4v) is 3.64. The molecule has 2 aliphatic rings. The summed E-state index contributed by atoms with van der Waals surface area (Å²) in [4.78, 5) is 14.6. The number of carbonyl (C=O) groups is 1. The van der Waals surface area contributed by atoms with Crippen LogP contribution in [0.3, 0.4) is 0 Å². The summed E-state index contributed by atoms with van der Waals surface area (Å²) in [7, 11) is 0. The molecular weight excluding hydrogens is 236 g/mol. The Morgan fingerprint density at radius 3 is 2.42 bits per heavy atom. The van der Waals surface area contributed by atoms with Gasteiger partial charge in [0.05, 0.1) is 12.2 Å². The Morgan fingerprint density at radius 1 is 1.11 bits per heavy atom. The highest BCUT2D eigenvalue weighted by Crippen LogP contribution is 2.29. The molecule has 19 heavy (non-hydrogen) atoms. The van der Waals surface area contributed by atoms with Crippen LogP contribution in [0, 0.1) is 5.92 Å². The van der Waals surface area contributed by atoms with E-state index in [-0.39, 0.29) is 6.04 Å². The van der Waals surface area contributed by atoms with Crippen LogP contribution in [-0.2, 0) is 4.79 Å². The van der Waals surface area contributed by atoms with E-state index in [0.717, 1.165) is 38.1 Å². The van der Waals surface area contributed by atoms with Gasteiger partial charge in [0.1, 0.15) is 0 Å². The number of carbonyl (C=O) groups excluding carboxylic acids is 1. The molecule has 1 aliphatic carbocycles. The van der Waals surface area contributed by atoms with Crippen LogP contribution in [0.15, 0.2) is 0 Å². The standard InChI is InChI=1S/C16H30N2O/c1-3-7-14-16(19)18(15(17-14)8-4-2)12-11-13-9-5-6-10-13/h13-15,17H,3-12H2,1-2H3. The van der Waals surface area contributed by atoms with E-state index in [9.17, 15) is 4.79 Å². The Hall–Kier alpha value is -0.570. The first-order valence-corrected chi connectivity index (χ1v) is 8.32. The number of hydrogen-bond donors (Lipinski definition) is 1. The van der Waals surface area contributed by atoms with Gasteiger partial charge in [0.2, 0.25) is 5.91 Å². The first kappa shape index (κ1) is 14.8. The molecule has 1 saturated carbocycles. The highest BCUT2D eigenvalue weighted by atomic mass is 16.2. The Kier molecular flexibility index (Phi) is 5.68. The van der Waals surface area contributed by atoms with E-state index < -0.39 is 0 Å². The zero-order valence-electron chi connectivity index (χ0n) is 12.7. The predicted octanol–water partition coefficient (Wildman–Crippen LogP) is 3.29. The fraction of sp³-hybridized carbons (Fsp3) is 0.938. The molecule has 0 spiro atoms. The van der Waals surface area contributed by atoms with E-state index in [4.69, 9.17) is 0 Å². The van der Waals surface area contributed by atoms with E-state index in [2.05, 4.69) is 24.1 Å². The monoisotopic (exact) mass is 266 g/mol. The Labute approximate surface area is 118 Å². The lowest BCUT2D eigenvalue weighted by Gasteiger charge is -2.25. The normalized spacial score (nSPS) is 28.5. The first-order valence-electron chi connectivity index (χ1n) is 8.32. The lowest BCUT2D eigenvalue weighted by atomic mass is 10.0. The summed E-state index contributed by atoms with van der Waals surface area (Å²) in [6.07, 6.45) is 11.4. The molecule has 0 radical (unpaired) electrons. The number of nitrogens with one attached hydrogen (secondary N) is 1. The molecule has 0 aromatic carbocycles. The Bertz CT molecular complexity index is 286. The predicted molar refractivity (Wildman–Crippen MR) is 78.8 cm³/mol. The topological polar surface area (TPSA) is 32.3 Å². The summed E-state index contributed by atoms with van der Waals surface area (Å²) >= 11 is 0. The molecular formula is C16H30N2O. The van der Waals surface area contributed by atoms with Crippen molar-refractivity contribution in [2.24, 2.45) is 5.92 Å². The number of hydrogen-bond acceptors (Lipinski definition) is 2. The maximum Gasteiger partial charge on any atom is 0.241 e. The lowest BCUT2D eigenvalue weighted by molar-refractivity contribution is -0.130. The highest BCUT2D eigenvalue weighted by Gasteiger charge is 2.37. The molecule has 1 N–H and O–H groups in total. The van der Waals surface area contributed by atoms with Crippen LogP contribution >= 0.6 is 0 Å². The molecule has 2 unspecified atom stereocenters. The van der Waals surface area contributed by atoms with E-state index in [1.165, 1.54) is 32.1 Å². The van der Waals surface area contributed by atoms with Gasteiger partial charge in [0.15, 0.2) is 0 Å². The molecule has 1 aliphatic heterocycles. The second kappa shape index (κ2) is 7.28. The molecule has 3 nitrogen and oxygen atoms in total. The minimum atomic E-state index is 0.0881. The van der Waals surface area contributed by atoms with Gasteiger partial charge in [-0.2, -0.15) is 0 Å². The van der Waals surface area contributed by atoms with Crippen molar-refractivity contribution in [1.82, 2.24) is 10.2 Å². The molecule has 0 bridgehead atoms. The van der Waals surface area contributed by atoms with Gasteiger partial charge in [-0.3, -0.25) is 10.1 Å². The van der Waals surface area contributed by atoms with Crippen molar-refractivity contribution in [2.45, 2.75) is 83.8 Å². The van der Waals surface area contributed by atoms with E-state index >= 15 is 0 Å². The SMILES string of the molecule is CCCC1NC(CCC)N(CCC2CCCC2)C1=O. The lowest BCUT2D eigenvalue weighted by Crippen LogP contribution is -2.38. The largest absolute Gasteiger partial charge is 0.326 e. The van der Waals surface area contributed by atoms with Crippen molar-refractivity contribution in [2.75, 3.05) is 6.54 Å². The second-order valence-electron chi connectivity index (χ2n) is 6.28. The summed E-state index contributed by atoms with van der Waals surface area (Å²) in [6.45, 7) is 5.33. The maximum atomic E-state index is 12.4. The molecule has 0 aromatic rings. The quantitative estimate of drug-likeness (QED) is 0.767. The average Bonchev–Trinajstić information content (AvgIpc) is 2.99. The van der Waals surface area contributed by atoms with Gasteiger partial charge in [0.25, 0.3) is 0 Å². The summed E-state index contributed by atoms with van der Waals surface area (Å²) < 4.78 is 0. The van der Waals surface area contributed by atoms with Crippen LogP contribution in [0.2, 0.25) is 0 Å². The van der Waals surface area contributed by atoms with Gasteiger partial charge in [-0.15, -0.1) is 0 Å². The minimum absolute atomic E-state index is 0.0881. The van der Waals surface area contributed by atoms with Crippen LogP contribution < -0.4 is 5.32 Å². The molecule has 1 heterocycles. The molecule has 3 heteroatoms. The van der Waals surface area contributed by atoms with Gasteiger partial charge in [0, 0.05) is 6.54 Å². The summed E-state index contributed by atoms with van der Waals surface area (Å²) in [5.41, 5.74) is 0. The highest BCUT2D eigenvalue weighted by molar-refractivity contribution is 5.84. The van der Waals surface area contributed by atoms with Gasteiger partial charge < -0.3 is 4.90 Å². The van der Waals surface area contributed by atoms with E-state index in [0.29, 0.717) is 12.1 Å². The summed E-state index contributed by atoms with van der Waals surface area (Å²) in [5, 5.41) is 3.54. The number of amides is 1. The number of nitrogens with zero attached hydrogens (tertiary/aromatic N) is 1. The van der Waals surface area contributed by atoms with Gasteiger partial charge in [-0.25, -0.2) is 0 Å². The van der Waals surface area contributed by atoms with Gasteiger partial charge in [-0.05, 0) is 25.2 Å². The smallest absolute Gasteiger partial charge is 0.241 e. The summed E-state index contributed by atoms with van der Waals surface area (Å²) in [6, 6.07) is 0.0881. The van der Waals surface area contributed by atoms with Crippen molar-refractivity contribution >= 4 is 5.91 Å². The zero-order chi connectivity index (χ0) is 13.7. The first-order chi connectivity index (χ1) is 9.26. The van der Waals surface area contributed by atoms with E-state index in [1.807, 2.05) is 0 Å². The average molecular weight is 266 g/mol. The Morgan fingerprint density at radius 2 is 1.79 bits per heavy atom. The third kappa shape index (κ3) is 3.71. The van der Waals surface area contributed by atoms with Crippen LogP contribution in [0.4, 0.5) is 0 Å². The summed E-state index contributed by atoms with van der Waals surface area (Å²) in [5.74, 6) is 1.23. The van der Waals surface area contributed by atoms with Crippen LogP contribution in [0.25, 0.3) is 0 Å². The van der Waals surface area contributed by atoms with Crippen molar-refractivity contribution in [3.63, 3.8) is 0 Å². The van der Waals surface area contributed by atoms with Gasteiger partial charge >= 0.3 is 0 Å². The van der Waals surface area contributed by atoms with Crippen LogP contribution in [0.5, 0.6) is 0 Å². The molecule has 110 valence electrons. The van der Waals surface area contributed by atoms with Crippen molar-refractivity contribution in [3.05, 3.63) is 0 Å². The minimum Gasteiger partial charge on any atom is -0.326 e.